The van der Waals surface area contributed by atoms with Gasteiger partial charge < -0.3 is 15.6 Å². The SMILES string of the molecule is O=C(NC1CCCCNC1)c1ccc2nc[nH]c2c1. The highest BCUT2D eigenvalue weighted by atomic mass is 16.1. The molecule has 5 nitrogen and oxygen atoms in total. The molecule has 0 saturated carbocycles. The summed E-state index contributed by atoms with van der Waals surface area (Å²) in [4.78, 5) is 19.4. The number of nitrogens with one attached hydrogen (secondary N) is 3. The highest BCUT2D eigenvalue weighted by molar-refractivity contribution is 5.97. The predicted molar refractivity (Wildman–Crippen MR) is 74.1 cm³/mol. The lowest BCUT2D eigenvalue weighted by Gasteiger charge is -2.16. The molecule has 19 heavy (non-hydrogen) atoms. The molecular weight excluding hydrogens is 240 g/mol. The maximum absolute atomic E-state index is 12.2. The van der Waals surface area contributed by atoms with Crippen molar-refractivity contribution in [1.29, 1.82) is 0 Å². The van der Waals surface area contributed by atoms with Gasteiger partial charge in [-0.1, -0.05) is 6.42 Å². The molecule has 3 N–H and O–H groups in total. The monoisotopic (exact) mass is 258 g/mol. The number of imidazole rings is 1. The van der Waals surface area contributed by atoms with Crippen LogP contribution in [0.25, 0.3) is 11.0 Å². The normalized spacial score (nSPS) is 20.1. The summed E-state index contributed by atoms with van der Waals surface area (Å²) >= 11 is 0. The molecule has 5 heteroatoms. The molecule has 2 aromatic rings. The molecule has 0 bridgehead atoms. The Kier molecular flexibility index (Phi) is 3.46. The molecule has 1 unspecified atom stereocenters. The molecule has 3 rings (SSSR count). The van der Waals surface area contributed by atoms with E-state index in [9.17, 15) is 4.79 Å². The summed E-state index contributed by atoms with van der Waals surface area (Å²) in [6.07, 6.45) is 5.04. The summed E-state index contributed by atoms with van der Waals surface area (Å²) < 4.78 is 0. The molecule has 1 aromatic carbocycles. The number of H-pyrrole nitrogens is 1. The van der Waals surface area contributed by atoms with Gasteiger partial charge in [-0.05, 0) is 37.6 Å². The molecular formula is C14H18N4O. The number of rotatable bonds is 2. The van der Waals surface area contributed by atoms with Gasteiger partial charge in [0.1, 0.15) is 0 Å². The van der Waals surface area contributed by atoms with E-state index in [2.05, 4.69) is 20.6 Å². The van der Waals surface area contributed by atoms with Crippen molar-refractivity contribution in [3.8, 4) is 0 Å². The minimum atomic E-state index is -0.00907. The van der Waals surface area contributed by atoms with Crippen molar-refractivity contribution in [1.82, 2.24) is 20.6 Å². The second-order valence-corrected chi connectivity index (χ2v) is 5.00. The maximum Gasteiger partial charge on any atom is 0.251 e. The number of aromatic amines is 1. The first-order valence-corrected chi connectivity index (χ1v) is 6.77. The third kappa shape index (κ3) is 2.76. The van der Waals surface area contributed by atoms with Crippen LogP contribution in [0, 0.1) is 0 Å². The average Bonchev–Trinajstić information content (AvgIpc) is 2.75. The van der Waals surface area contributed by atoms with Gasteiger partial charge in [0, 0.05) is 18.2 Å². The minimum absolute atomic E-state index is 0.00907. The molecule has 1 aromatic heterocycles. The van der Waals surface area contributed by atoms with E-state index in [1.807, 2.05) is 18.2 Å². The van der Waals surface area contributed by atoms with Crippen molar-refractivity contribution < 1.29 is 4.79 Å². The fourth-order valence-electron chi connectivity index (χ4n) is 2.49. The Morgan fingerprint density at radius 2 is 2.32 bits per heavy atom. The van der Waals surface area contributed by atoms with Gasteiger partial charge in [0.15, 0.2) is 0 Å². The Hall–Kier alpha value is -1.88. The van der Waals surface area contributed by atoms with Crippen LogP contribution >= 0.6 is 0 Å². The van der Waals surface area contributed by atoms with Crippen molar-refractivity contribution in [3.05, 3.63) is 30.1 Å². The number of carbonyl (C=O) groups is 1. The summed E-state index contributed by atoms with van der Waals surface area (Å²) in [6.45, 7) is 1.91. The number of nitrogens with zero attached hydrogens (tertiary/aromatic N) is 1. The Bertz CT molecular complexity index is 570. The Morgan fingerprint density at radius 1 is 1.37 bits per heavy atom. The molecule has 1 aliphatic rings. The molecule has 1 fully saturated rings. The Morgan fingerprint density at radius 3 is 3.26 bits per heavy atom. The zero-order valence-electron chi connectivity index (χ0n) is 10.8. The van der Waals surface area contributed by atoms with Crippen LogP contribution in [0.4, 0.5) is 0 Å². The number of benzene rings is 1. The number of fused-ring (bicyclic) bond motifs is 1. The van der Waals surface area contributed by atoms with E-state index in [0.717, 1.165) is 37.0 Å². The first-order valence-electron chi connectivity index (χ1n) is 6.77. The van der Waals surface area contributed by atoms with Crippen molar-refractivity contribution in [2.45, 2.75) is 25.3 Å². The molecule has 1 saturated heterocycles. The first kappa shape index (κ1) is 12.2. The fourth-order valence-corrected chi connectivity index (χ4v) is 2.49. The second-order valence-electron chi connectivity index (χ2n) is 5.00. The quantitative estimate of drug-likeness (QED) is 0.763. The maximum atomic E-state index is 12.2. The van der Waals surface area contributed by atoms with Gasteiger partial charge in [-0.3, -0.25) is 4.79 Å². The van der Waals surface area contributed by atoms with Gasteiger partial charge in [-0.2, -0.15) is 0 Å². The number of aromatic nitrogens is 2. The molecule has 0 aliphatic carbocycles. The van der Waals surface area contributed by atoms with E-state index in [-0.39, 0.29) is 11.9 Å². The van der Waals surface area contributed by atoms with Gasteiger partial charge >= 0.3 is 0 Å². The van der Waals surface area contributed by atoms with E-state index in [1.165, 1.54) is 6.42 Å². The summed E-state index contributed by atoms with van der Waals surface area (Å²) in [6, 6.07) is 5.77. The van der Waals surface area contributed by atoms with E-state index in [4.69, 9.17) is 0 Å². The van der Waals surface area contributed by atoms with Crippen LogP contribution in [-0.2, 0) is 0 Å². The molecule has 0 spiro atoms. The fraction of sp³-hybridized carbons (Fsp3) is 0.429. The Balaban J connectivity index is 1.71. The standard InChI is InChI=1S/C14H18N4O/c19-14(18-11-3-1-2-6-15-8-11)10-4-5-12-13(7-10)17-9-16-12/h4-5,7,9,11,15H,1-3,6,8H2,(H,16,17)(H,18,19). The van der Waals surface area contributed by atoms with Crippen LogP contribution in [0.15, 0.2) is 24.5 Å². The number of carbonyl (C=O) groups excluding carboxylic acids is 1. The Labute approximate surface area is 111 Å². The van der Waals surface area contributed by atoms with Gasteiger partial charge in [-0.15, -0.1) is 0 Å². The first-order chi connectivity index (χ1) is 9.33. The number of amides is 1. The van der Waals surface area contributed by atoms with E-state index < -0.39 is 0 Å². The highest BCUT2D eigenvalue weighted by Gasteiger charge is 2.15. The van der Waals surface area contributed by atoms with Gasteiger partial charge in [0.25, 0.3) is 5.91 Å². The predicted octanol–water partition coefficient (Wildman–Crippen LogP) is 1.43. The van der Waals surface area contributed by atoms with Crippen LogP contribution in [0.5, 0.6) is 0 Å². The molecule has 2 heterocycles. The van der Waals surface area contributed by atoms with Gasteiger partial charge in [0.05, 0.1) is 17.4 Å². The van der Waals surface area contributed by atoms with Crippen LogP contribution < -0.4 is 10.6 Å². The number of hydrogen-bond donors (Lipinski definition) is 3. The van der Waals surface area contributed by atoms with Crippen LogP contribution in [-0.4, -0.2) is 35.0 Å². The third-order valence-electron chi connectivity index (χ3n) is 3.56. The third-order valence-corrected chi connectivity index (χ3v) is 3.56. The second kappa shape index (κ2) is 5.40. The van der Waals surface area contributed by atoms with E-state index in [0.29, 0.717) is 5.56 Å². The lowest BCUT2D eigenvalue weighted by molar-refractivity contribution is 0.0935. The van der Waals surface area contributed by atoms with Gasteiger partial charge in [-0.25, -0.2) is 4.98 Å². The zero-order chi connectivity index (χ0) is 13.1. The average molecular weight is 258 g/mol. The summed E-state index contributed by atoms with van der Waals surface area (Å²) in [5.41, 5.74) is 2.46. The molecule has 1 atom stereocenters. The van der Waals surface area contributed by atoms with E-state index >= 15 is 0 Å². The summed E-state index contributed by atoms with van der Waals surface area (Å²) in [5, 5.41) is 6.45. The molecule has 1 aliphatic heterocycles. The number of hydrogen-bond acceptors (Lipinski definition) is 3. The smallest absolute Gasteiger partial charge is 0.251 e. The minimum Gasteiger partial charge on any atom is -0.348 e. The topological polar surface area (TPSA) is 69.8 Å². The zero-order valence-corrected chi connectivity index (χ0v) is 10.8. The largest absolute Gasteiger partial charge is 0.348 e. The molecule has 0 radical (unpaired) electrons. The van der Waals surface area contributed by atoms with E-state index in [1.54, 1.807) is 6.33 Å². The van der Waals surface area contributed by atoms with Crippen molar-refractivity contribution >= 4 is 16.9 Å². The van der Waals surface area contributed by atoms with Crippen molar-refractivity contribution in [3.63, 3.8) is 0 Å². The highest BCUT2D eigenvalue weighted by Crippen LogP contribution is 2.12. The summed E-state index contributed by atoms with van der Waals surface area (Å²) in [5.74, 6) is -0.00907. The van der Waals surface area contributed by atoms with Crippen molar-refractivity contribution in [2.75, 3.05) is 13.1 Å². The lowest BCUT2D eigenvalue weighted by Crippen LogP contribution is -2.40. The van der Waals surface area contributed by atoms with Crippen LogP contribution in [0.3, 0.4) is 0 Å². The van der Waals surface area contributed by atoms with Crippen LogP contribution in [0.2, 0.25) is 0 Å². The lowest BCUT2D eigenvalue weighted by atomic mass is 10.1. The van der Waals surface area contributed by atoms with Crippen molar-refractivity contribution in [2.24, 2.45) is 0 Å². The van der Waals surface area contributed by atoms with Gasteiger partial charge in [0.2, 0.25) is 0 Å². The molecule has 100 valence electrons. The summed E-state index contributed by atoms with van der Waals surface area (Å²) in [7, 11) is 0. The van der Waals surface area contributed by atoms with Crippen LogP contribution in [0.1, 0.15) is 29.6 Å². The molecule has 1 amide bonds.